The Morgan fingerprint density at radius 1 is 1.36 bits per heavy atom. The molecule has 1 heterocycles. The third kappa shape index (κ3) is 2.84. The molecule has 1 spiro atoms. The molecule has 0 radical (unpaired) electrons. The first-order valence-electron chi connectivity index (χ1n) is 8.55. The Balaban J connectivity index is 1.70. The van der Waals surface area contributed by atoms with Gasteiger partial charge < -0.3 is 10.5 Å². The Morgan fingerprint density at radius 2 is 2.14 bits per heavy atom. The van der Waals surface area contributed by atoms with Crippen molar-refractivity contribution < 1.29 is 4.74 Å². The molecule has 5 heteroatoms. The Hall–Kier alpha value is -1.20. The molecule has 1 aromatic rings. The second kappa shape index (κ2) is 6.50. The average Bonchev–Trinajstić information content (AvgIpc) is 2.51. The molecule has 2 aliphatic rings. The van der Waals surface area contributed by atoms with Crippen molar-refractivity contribution in [2.24, 2.45) is 5.41 Å². The molecule has 22 heavy (non-hydrogen) atoms. The van der Waals surface area contributed by atoms with Crippen molar-refractivity contribution in [1.29, 1.82) is 0 Å². The number of nitrogens with zero attached hydrogens (tertiary/aromatic N) is 3. The molecule has 0 aromatic carbocycles. The molecule has 0 bridgehead atoms. The van der Waals surface area contributed by atoms with Gasteiger partial charge in [0.2, 0.25) is 0 Å². The molecule has 0 unspecified atom stereocenters. The SMILES string of the molecule is CCO[C@H]1C[C@H](N(C)Cc2nccc(N)n2)C12CCCCC2. The van der Waals surface area contributed by atoms with E-state index in [2.05, 4.69) is 28.8 Å². The summed E-state index contributed by atoms with van der Waals surface area (Å²) in [5.74, 6) is 1.36. The standard InChI is InChI=1S/C17H28N4O/c1-3-22-14-11-13(17(14)8-5-4-6-9-17)21(2)12-16-19-10-7-15(18)20-16/h7,10,13-14H,3-6,8-9,11-12H2,1-2H3,(H2,18,19,20)/t13-,14-/m0/s1. The summed E-state index contributed by atoms with van der Waals surface area (Å²) < 4.78 is 6.04. The highest BCUT2D eigenvalue weighted by Gasteiger charge is 2.56. The number of nitrogens with two attached hydrogens (primary N) is 1. The van der Waals surface area contributed by atoms with E-state index in [4.69, 9.17) is 10.5 Å². The summed E-state index contributed by atoms with van der Waals surface area (Å²) in [6.07, 6.45) is 9.94. The highest BCUT2D eigenvalue weighted by Crippen LogP contribution is 2.55. The quantitative estimate of drug-likeness (QED) is 0.906. The van der Waals surface area contributed by atoms with Crippen molar-refractivity contribution in [3.05, 3.63) is 18.1 Å². The minimum absolute atomic E-state index is 0.351. The molecule has 2 saturated carbocycles. The van der Waals surface area contributed by atoms with Crippen LogP contribution in [0.15, 0.2) is 12.3 Å². The van der Waals surface area contributed by atoms with Crippen LogP contribution in [0, 0.1) is 5.41 Å². The van der Waals surface area contributed by atoms with Crippen LogP contribution >= 0.6 is 0 Å². The molecule has 5 nitrogen and oxygen atoms in total. The van der Waals surface area contributed by atoms with Crippen LogP contribution in [-0.4, -0.2) is 40.7 Å². The summed E-state index contributed by atoms with van der Waals surface area (Å²) in [4.78, 5) is 11.1. The molecule has 2 aliphatic carbocycles. The van der Waals surface area contributed by atoms with Crippen LogP contribution < -0.4 is 5.73 Å². The van der Waals surface area contributed by atoms with Gasteiger partial charge in [0.1, 0.15) is 11.6 Å². The molecule has 0 amide bonds. The fourth-order valence-corrected chi connectivity index (χ4v) is 4.47. The molecule has 0 aliphatic heterocycles. The van der Waals surface area contributed by atoms with E-state index in [1.54, 1.807) is 12.3 Å². The number of aromatic nitrogens is 2. The third-order valence-corrected chi connectivity index (χ3v) is 5.54. The monoisotopic (exact) mass is 304 g/mol. The minimum Gasteiger partial charge on any atom is -0.384 e. The normalized spacial score (nSPS) is 27.0. The van der Waals surface area contributed by atoms with E-state index in [1.807, 2.05) is 0 Å². The van der Waals surface area contributed by atoms with E-state index in [1.165, 1.54) is 32.1 Å². The summed E-state index contributed by atoms with van der Waals surface area (Å²) >= 11 is 0. The number of ether oxygens (including phenoxy) is 1. The molecular weight excluding hydrogens is 276 g/mol. The summed E-state index contributed by atoms with van der Waals surface area (Å²) in [7, 11) is 2.19. The van der Waals surface area contributed by atoms with E-state index < -0.39 is 0 Å². The van der Waals surface area contributed by atoms with E-state index in [-0.39, 0.29) is 0 Å². The first-order valence-corrected chi connectivity index (χ1v) is 8.55. The predicted octanol–water partition coefficient (Wildman–Crippen LogP) is 2.62. The van der Waals surface area contributed by atoms with Crippen LogP contribution in [0.5, 0.6) is 0 Å². The number of hydrogen-bond donors (Lipinski definition) is 1. The smallest absolute Gasteiger partial charge is 0.144 e. The predicted molar refractivity (Wildman–Crippen MR) is 87.2 cm³/mol. The Labute approximate surface area is 133 Å². The van der Waals surface area contributed by atoms with Crippen molar-refractivity contribution in [3.8, 4) is 0 Å². The lowest BCUT2D eigenvalue weighted by Gasteiger charge is -2.60. The van der Waals surface area contributed by atoms with Gasteiger partial charge in [0.15, 0.2) is 0 Å². The van der Waals surface area contributed by atoms with E-state index in [0.717, 1.165) is 25.4 Å². The van der Waals surface area contributed by atoms with E-state index in [0.29, 0.717) is 23.4 Å². The lowest BCUT2D eigenvalue weighted by atomic mass is 9.54. The fourth-order valence-electron chi connectivity index (χ4n) is 4.47. The Morgan fingerprint density at radius 3 is 2.82 bits per heavy atom. The largest absolute Gasteiger partial charge is 0.384 e. The number of nitrogen functional groups attached to an aromatic ring is 1. The lowest BCUT2D eigenvalue weighted by molar-refractivity contribution is -0.180. The molecule has 0 saturated heterocycles. The highest BCUT2D eigenvalue weighted by molar-refractivity contribution is 5.25. The second-order valence-electron chi connectivity index (χ2n) is 6.80. The topological polar surface area (TPSA) is 64.3 Å². The number of rotatable bonds is 5. The number of anilines is 1. The summed E-state index contributed by atoms with van der Waals surface area (Å²) in [6, 6.07) is 2.31. The molecule has 2 fully saturated rings. The maximum Gasteiger partial charge on any atom is 0.144 e. The molecule has 2 atom stereocenters. The lowest BCUT2D eigenvalue weighted by Crippen LogP contribution is -2.64. The molecule has 122 valence electrons. The van der Waals surface area contributed by atoms with Crippen LogP contribution in [0.3, 0.4) is 0 Å². The van der Waals surface area contributed by atoms with Crippen molar-refractivity contribution >= 4 is 5.82 Å². The molecular formula is C17H28N4O. The van der Waals surface area contributed by atoms with Crippen LogP contribution in [0.4, 0.5) is 5.82 Å². The maximum atomic E-state index is 6.04. The van der Waals surface area contributed by atoms with Crippen molar-refractivity contribution in [1.82, 2.24) is 14.9 Å². The zero-order chi connectivity index (χ0) is 15.6. The van der Waals surface area contributed by atoms with Crippen molar-refractivity contribution in [2.45, 2.75) is 64.1 Å². The maximum absolute atomic E-state index is 6.04. The van der Waals surface area contributed by atoms with Gasteiger partial charge in [-0.25, -0.2) is 9.97 Å². The van der Waals surface area contributed by atoms with Gasteiger partial charge in [0, 0.05) is 24.3 Å². The Kier molecular flexibility index (Phi) is 4.64. The minimum atomic E-state index is 0.351. The number of hydrogen-bond acceptors (Lipinski definition) is 5. The summed E-state index contributed by atoms with van der Waals surface area (Å²) in [5, 5.41) is 0. The Bertz CT molecular complexity index is 501. The molecule has 3 rings (SSSR count). The van der Waals surface area contributed by atoms with E-state index in [9.17, 15) is 0 Å². The van der Waals surface area contributed by atoms with Gasteiger partial charge in [-0.05, 0) is 39.3 Å². The first kappa shape index (κ1) is 15.7. The third-order valence-electron chi connectivity index (χ3n) is 5.54. The zero-order valence-corrected chi connectivity index (χ0v) is 13.8. The summed E-state index contributed by atoms with van der Waals surface area (Å²) in [6.45, 7) is 3.69. The highest BCUT2D eigenvalue weighted by atomic mass is 16.5. The van der Waals surface area contributed by atoms with Gasteiger partial charge >= 0.3 is 0 Å². The second-order valence-corrected chi connectivity index (χ2v) is 6.80. The fraction of sp³-hybridized carbons (Fsp3) is 0.765. The van der Waals surface area contributed by atoms with Gasteiger partial charge in [0.05, 0.1) is 12.6 Å². The van der Waals surface area contributed by atoms with Gasteiger partial charge in [-0.3, -0.25) is 4.90 Å². The average molecular weight is 304 g/mol. The van der Waals surface area contributed by atoms with E-state index >= 15 is 0 Å². The van der Waals surface area contributed by atoms with Crippen molar-refractivity contribution in [3.63, 3.8) is 0 Å². The first-order chi connectivity index (χ1) is 10.7. The van der Waals surface area contributed by atoms with Gasteiger partial charge in [-0.2, -0.15) is 0 Å². The van der Waals surface area contributed by atoms with Crippen molar-refractivity contribution in [2.75, 3.05) is 19.4 Å². The van der Waals surface area contributed by atoms with Gasteiger partial charge in [0.25, 0.3) is 0 Å². The van der Waals surface area contributed by atoms with Gasteiger partial charge in [-0.1, -0.05) is 19.3 Å². The molecule has 1 aromatic heterocycles. The zero-order valence-electron chi connectivity index (χ0n) is 13.8. The van der Waals surface area contributed by atoms with Crippen LogP contribution in [0.25, 0.3) is 0 Å². The molecule has 2 N–H and O–H groups in total. The van der Waals surface area contributed by atoms with Gasteiger partial charge in [-0.15, -0.1) is 0 Å². The van der Waals surface area contributed by atoms with Crippen LogP contribution in [0.2, 0.25) is 0 Å². The summed E-state index contributed by atoms with van der Waals surface area (Å²) in [5.41, 5.74) is 6.12. The van der Waals surface area contributed by atoms with Crippen LogP contribution in [0.1, 0.15) is 51.3 Å². The van der Waals surface area contributed by atoms with Crippen LogP contribution in [-0.2, 0) is 11.3 Å².